The lowest BCUT2D eigenvalue weighted by Gasteiger charge is -2.03. The molecule has 0 N–H and O–H groups in total. The summed E-state index contributed by atoms with van der Waals surface area (Å²) in [6.07, 6.45) is 0. The Hall–Kier alpha value is -1.17. The topological polar surface area (TPSA) is 43.4 Å². The van der Waals surface area contributed by atoms with Crippen LogP contribution in [0.1, 0.15) is 5.56 Å². The van der Waals surface area contributed by atoms with Crippen LogP contribution in [0.15, 0.2) is 52.1 Å². The number of hydrogen-bond donors (Lipinski definition) is 0. The summed E-state index contributed by atoms with van der Waals surface area (Å²) < 4.78 is 28.5. The normalized spacial score (nSPS) is 11.5. The molecule has 0 atom stereocenters. The Kier molecular flexibility index (Phi) is 3.38. The monoisotopic (exact) mass is 254 g/mol. The van der Waals surface area contributed by atoms with Gasteiger partial charge in [0, 0.05) is 0 Å². The van der Waals surface area contributed by atoms with E-state index in [9.17, 15) is 8.42 Å². The number of hydrogen-bond acceptors (Lipinski definition) is 4. The molecule has 0 aliphatic carbocycles. The van der Waals surface area contributed by atoms with Crippen LogP contribution in [0, 0.1) is 0 Å². The summed E-state index contributed by atoms with van der Waals surface area (Å²) in [5.74, 6) is 0. The molecule has 0 spiro atoms. The third-order valence-corrected chi connectivity index (χ3v) is 4.58. The molecule has 1 aromatic heterocycles. The molecule has 1 aromatic carbocycles. The van der Waals surface area contributed by atoms with Gasteiger partial charge in [0.15, 0.2) is 0 Å². The Morgan fingerprint density at radius 1 is 1.06 bits per heavy atom. The van der Waals surface area contributed by atoms with Crippen LogP contribution < -0.4 is 0 Å². The average Bonchev–Trinajstić information content (AvgIpc) is 2.82. The maximum absolute atomic E-state index is 11.7. The van der Waals surface area contributed by atoms with Gasteiger partial charge in [0.05, 0.1) is 6.61 Å². The molecule has 0 amide bonds. The third-order valence-electron chi connectivity index (χ3n) is 1.97. The first kappa shape index (κ1) is 11.3. The minimum atomic E-state index is -3.60. The second kappa shape index (κ2) is 4.78. The van der Waals surface area contributed by atoms with Gasteiger partial charge < -0.3 is 0 Å². The van der Waals surface area contributed by atoms with Gasteiger partial charge in [-0.25, -0.2) is 0 Å². The molecule has 16 heavy (non-hydrogen) atoms. The van der Waals surface area contributed by atoms with Crippen LogP contribution >= 0.6 is 11.3 Å². The van der Waals surface area contributed by atoms with Gasteiger partial charge >= 0.3 is 10.1 Å². The highest BCUT2D eigenvalue weighted by molar-refractivity contribution is 7.88. The molecule has 84 valence electrons. The zero-order valence-electron chi connectivity index (χ0n) is 8.37. The molecule has 3 nitrogen and oxygen atoms in total. The molecule has 0 saturated carbocycles. The predicted molar refractivity (Wildman–Crippen MR) is 62.7 cm³/mol. The number of benzene rings is 1. The highest BCUT2D eigenvalue weighted by Crippen LogP contribution is 2.19. The second-order valence-corrected chi connectivity index (χ2v) is 5.92. The van der Waals surface area contributed by atoms with E-state index in [4.69, 9.17) is 4.18 Å². The Bertz CT molecular complexity index is 530. The average molecular weight is 254 g/mol. The number of thiophene rings is 1. The fourth-order valence-corrected chi connectivity index (χ4v) is 3.07. The standard InChI is InChI=1S/C11H10O3S2/c12-16(13,11-7-4-8-15-11)14-9-10-5-2-1-3-6-10/h1-8H,9H2. The minimum absolute atomic E-state index is 0.0705. The van der Waals surface area contributed by atoms with Crippen LogP contribution in [0.3, 0.4) is 0 Å². The Morgan fingerprint density at radius 3 is 2.44 bits per heavy atom. The second-order valence-electron chi connectivity index (χ2n) is 3.13. The van der Waals surface area contributed by atoms with E-state index in [0.717, 1.165) is 16.9 Å². The lowest BCUT2D eigenvalue weighted by molar-refractivity contribution is 0.309. The van der Waals surface area contributed by atoms with Crippen LogP contribution in [-0.4, -0.2) is 8.42 Å². The maximum Gasteiger partial charge on any atom is 0.306 e. The smallest absolute Gasteiger partial charge is 0.261 e. The van der Waals surface area contributed by atoms with Crippen molar-refractivity contribution in [3.63, 3.8) is 0 Å². The summed E-state index contributed by atoms with van der Waals surface area (Å²) in [6.45, 7) is 0.0705. The molecule has 0 saturated heterocycles. The first-order valence-corrected chi connectivity index (χ1v) is 6.94. The lowest BCUT2D eigenvalue weighted by atomic mass is 10.2. The fourth-order valence-electron chi connectivity index (χ4n) is 1.18. The highest BCUT2D eigenvalue weighted by atomic mass is 32.3. The van der Waals surface area contributed by atoms with Crippen LogP contribution in [0.5, 0.6) is 0 Å². The van der Waals surface area contributed by atoms with E-state index >= 15 is 0 Å². The first-order valence-electron chi connectivity index (χ1n) is 4.65. The van der Waals surface area contributed by atoms with E-state index in [1.54, 1.807) is 11.4 Å². The van der Waals surface area contributed by atoms with Gasteiger partial charge in [-0.15, -0.1) is 11.3 Å². The van der Waals surface area contributed by atoms with Crippen molar-refractivity contribution in [2.24, 2.45) is 0 Å². The Labute approximate surface area is 98.4 Å². The van der Waals surface area contributed by atoms with Crippen LogP contribution in [0.4, 0.5) is 0 Å². The molecule has 2 rings (SSSR count). The van der Waals surface area contributed by atoms with Crippen molar-refractivity contribution in [1.82, 2.24) is 0 Å². The summed E-state index contributed by atoms with van der Waals surface area (Å²) in [5.41, 5.74) is 0.836. The number of rotatable bonds is 4. The van der Waals surface area contributed by atoms with Gasteiger partial charge in [-0.05, 0) is 17.0 Å². The van der Waals surface area contributed by atoms with Crippen LogP contribution in [-0.2, 0) is 20.9 Å². The van der Waals surface area contributed by atoms with Crippen molar-refractivity contribution in [3.05, 3.63) is 53.4 Å². The van der Waals surface area contributed by atoms with E-state index in [-0.39, 0.29) is 10.8 Å². The van der Waals surface area contributed by atoms with E-state index < -0.39 is 10.1 Å². The summed E-state index contributed by atoms with van der Waals surface area (Å²) >= 11 is 1.15. The molecule has 0 bridgehead atoms. The minimum Gasteiger partial charge on any atom is -0.261 e. The van der Waals surface area contributed by atoms with Crippen molar-refractivity contribution < 1.29 is 12.6 Å². The summed E-state index contributed by atoms with van der Waals surface area (Å²) in [6, 6.07) is 12.4. The van der Waals surface area contributed by atoms with Gasteiger partial charge in [0.1, 0.15) is 4.21 Å². The van der Waals surface area contributed by atoms with Crippen molar-refractivity contribution >= 4 is 21.5 Å². The molecular weight excluding hydrogens is 244 g/mol. The molecular formula is C11H10O3S2. The molecule has 0 radical (unpaired) electrons. The highest BCUT2D eigenvalue weighted by Gasteiger charge is 2.15. The van der Waals surface area contributed by atoms with Crippen LogP contribution in [0.2, 0.25) is 0 Å². The van der Waals surface area contributed by atoms with E-state index in [1.165, 1.54) is 6.07 Å². The van der Waals surface area contributed by atoms with Crippen LogP contribution in [0.25, 0.3) is 0 Å². The molecule has 0 aliphatic heterocycles. The van der Waals surface area contributed by atoms with Gasteiger partial charge in [0.25, 0.3) is 0 Å². The van der Waals surface area contributed by atoms with Gasteiger partial charge in [-0.3, -0.25) is 4.18 Å². The summed E-state index contributed by atoms with van der Waals surface area (Å²) in [7, 11) is -3.60. The summed E-state index contributed by atoms with van der Waals surface area (Å²) in [5, 5.41) is 1.71. The summed E-state index contributed by atoms with van der Waals surface area (Å²) in [4.78, 5) is 0. The maximum atomic E-state index is 11.7. The molecule has 0 aliphatic rings. The largest absolute Gasteiger partial charge is 0.306 e. The Morgan fingerprint density at radius 2 is 1.81 bits per heavy atom. The molecule has 0 fully saturated rings. The predicted octanol–water partition coefficient (Wildman–Crippen LogP) is 2.65. The molecule has 1 heterocycles. The van der Waals surface area contributed by atoms with E-state index in [2.05, 4.69) is 0 Å². The quantitative estimate of drug-likeness (QED) is 0.788. The van der Waals surface area contributed by atoms with Crippen molar-refractivity contribution in [2.45, 2.75) is 10.8 Å². The zero-order valence-corrected chi connectivity index (χ0v) is 10.0. The molecule has 5 heteroatoms. The van der Waals surface area contributed by atoms with E-state index in [0.29, 0.717) is 0 Å². The lowest BCUT2D eigenvalue weighted by Crippen LogP contribution is -2.04. The van der Waals surface area contributed by atoms with Crippen molar-refractivity contribution in [3.8, 4) is 0 Å². The zero-order chi connectivity index (χ0) is 11.4. The van der Waals surface area contributed by atoms with Crippen molar-refractivity contribution in [1.29, 1.82) is 0 Å². The fraction of sp³-hybridized carbons (Fsp3) is 0.0909. The van der Waals surface area contributed by atoms with Gasteiger partial charge in [0.2, 0.25) is 0 Å². The SMILES string of the molecule is O=S(=O)(OCc1ccccc1)c1cccs1. The first-order chi connectivity index (χ1) is 7.68. The Balaban J connectivity index is 2.07. The molecule has 2 aromatic rings. The third kappa shape index (κ3) is 2.69. The van der Waals surface area contributed by atoms with Gasteiger partial charge in [-0.2, -0.15) is 8.42 Å². The van der Waals surface area contributed by atoms with E-state index in [1.807, 2.05) is 30.3 Å². The van der Waals surface area contributed by atoms with Gasteiger partial charge in [-0.1, -0.05) is 36.4 Å². The molecule has 0 unspecified atom stereocenters. The van der Waals surface area contributed by atoms with Crippen molar-refractivity contribution in [2.75, 3.05) is 0 Å².